The van der Waals surface area contributed by atoms with Crippen molar-refractivity contribution in [1.82, 2.24) is 19.9 Å². The number of H-pyrrole nitrogens is 1. The van der Waals surface area contributed by atoms with Gasteiger partial charge < -0.3 is 15.6 Å². The van der Waals surface area contributed by atoms with Crippen molar-refractivity contribution in [3.63, 3.8) is 0 Å². The number of aromatic nitrogens is 3. The number of anilines is 1. The van der Waals surface area contributed by atoms with Crippen molar-refractivity contribution in [3.8, 4) is 0 Å². The quantitative estimate of drug-likeness (QED) is 0.619. The number of rotatable bonds is 4. The molecule has 0 fully saturated rings. The van der Waals surface area contributed by atoms with E-state index in [-0.39, 0.29) is 23.6 Å². The highest BCUT2D eigenvalue weighted by atomic mass is 16.6. The van der Waals surface area contributed by atoms with Gasteiger partial charge in [-0.05, 0) is 6.07 Å². The molecule has 3 N–H and O–H groups in total. The van der Waals surface area contributed by atoms with Crippen molar-refractivity contribution in [2.45, 2.75) is 6.54 Å². The number of hydrogen-bond donors (Lipinski definition) is 2. The number of nitrogens with zero attached hydrogens (tertiary/aromatic N) is 4. The summed E-state index contributed by atoms with van der Waals surface area (Å²) in [6.45, 7) is 0.200. The summed E-state index contributed by atoms with van der Waals surface area (Å²) < 4.78 is 0. The number of carbonyl (C=O) groups is 1. The molecular formula is C11H12N6O3. The van der Waals surface area contributed by atoms with E-state index in [0.717, 1.165) is 6.20 Å². The Kier molecular flexibility index (Phi) is 3.60. The second-order valence-corrected chi connectivity index (χ2v) is 4.08. The molecule has 2 aromatic heterocycles. The molecule has 9 nitrogen and oxygen atoms in total. The van der Waals surface area contributed by atoms with Crippen LogP contribution in [0.4, 0.5) is 11.5 Å². The molecule has 0 aliphatic rings. The maximum absolute atomic E-state index is 12.2. The summed E-state index contributed by atoms with van der Waals surface area (Å²) in [7, 11) is 1.52. The Labute approximate surface area is 113 Å². The van der Waals surface area contributed by atoms with Crippen LogP contribution in [0.25, 0.3) is 0 Å². The molecule has 2 aromatic rings. The third kappa shape index (κ3) is 2.71. The van der Waals surface area contributed by atoms with Crippen LogP contribution < -0.4 is 5.73 Å². The lowest BCUT2D eigenvalue weighted by molar-refractivity contribution is -0.385. The molecule has 0 atom stereocenters. The van der Waals surface area contributed by atoms with Gasteiger partial charge in [-0.1, -0.05) is 0 Å². The molecule has 0 saturated carbocycles. The summed E-state index contributed by atoms with van der Waals surface area (Å²) >= 11 is 0. The van der Waals surface area contributed by atoms with E-state index in [4.69, 9.17) is 5.73 Å². The minimum Gasteiger partial charge on any atom is -0.384 e. The average molecular weight is 276 g/mol. The van der Waals surface area contributed by atoms with Gasteiger partial charge >= 0.3 is 0 Å². The third-order valence-corrected chi connectivity index (χ3v) is 2.62. The van der Waals surface area contributed by atoms with Crippen LogP contribution in [0.3, 0.4) is 0 Å². The largest absolute Gasteiger partial charge is 0.384 e. The lowest BCUT2D eigenvalue weighted by Gasteiger charge is -2.15. The van der Waals surface area contributed by atoms with Crippen molar-refractivity contribution in [1.29, 1.82) is 0 Å². The fourth-order valence-electron chi connectivity index (χ4n) is 1.67. The first-order chi connectivity index (χ1) is 9.49. The van der Waals surface area contributed by atoms with Gasteiger partial charge in [-0.2, -0.15) is 0 Å². The number of nitrogen functional groups attached to an aromatic ring is 1. The van der Waals surface area contributed by atoms with E-state index in [0.29, 0.717) is 5.82 Å². The zero-order valence-corrected chi connectivity index (χ0v) is 10.6. The predicted octanol–water partition coefficient (Wildman–Crippen LogP) is 0.567. The van der Waals surface area contributed by atoms with Gasteiger partial charge in [-0.25, -0.2) is 9.97 Å². The summed E-state index contributed by atoms with van der Waals surface area (Å²) in [5.41, 5.74) is 5.00. The summed E-state index contributed by atoms with van der Waals surface area (Å²) in [6.07, 6.45) is 4.16. The van der Waals surface area contributed by atoms with Gasteiger partial charge in [-0.15, -0.1) is 0 Å². The van der Waals surface area contributed by atoms with E-state index in [1.807, 2.05) is 0 Å². The van der Waals surface area contributed by atoms with Crippen molar-refractivity contribution in [3.05, 3.63) is 46.2 Å². The minimum atomic E-state index is -0.666. The van der Waals surface area contributed by atoms with E-state index in [9.17, 15) is 14.9 Å². The fourth-order valence-corrected chi connectivity index (χ4v) is 1.67. The number of aromatic amines is 1. The Morgan fingerprint density at radius 2 is 2.30 bits per heavy atom. The van der Waals surface area contributed by atoms with Crippen LogP contribution in [0.1, 0.15) is 16.2 Å². The zero-order valence-electron chi connectivity index (χ0n) is 10.6. The number of carbonyl (C=O) groups excluding carboxylic acids is 1. The van der Waals surface area contributed by atoms with Crippen molar-refractivity contribution in [2.75, 3.05) is 12.8 Å². The molecule has 20 heavy (non-hydrogen) atoms. The molecule has 0 aromatic carbocycles. The van der Waals surface area contributed by atoms with E-state index < -0.39 is 10.8 Å². The molecule has 0 unspecified atom stereocenters. The van der Waals surface area contributed by atoms with Crippen LogP contribution in [0.15, 0.2) is 24.7 Å². The number of pyridine rings is 1. The zero-order chi connectivity index (χ0) is 14.7. The average Bonchev–Trinajstić information content (AvgIpc) is 2.90. The number of nitro groups is 1. The van der Waals surface area contributed by atoms with Gasteiger partial charge in [-0.3, -0.25) is 14.9 Å². The Bertz CT molecular complexity index is 640. The molecule has 0 saturated heterocycles. The van der Waals surface area contributed by atoms with Crippen molar-refractivity contribution >= 4 is 17.4 Å². The smallest absolute Gasteiger partial charge is 0.300 e. The molecule has 1 amide bonds. The highest BCUT2D eigenvalue weighted by molar-refractivity contribution is 5.98. The first-order valence-corrected chi connectivity index (χ1v) is 5.62. The van der Waals surface area contributed by atoms with Crippen LogP contribution in [0.2, 0.25) is 0 Å². The Morgan fingerprint density at radius 3 is 2.90 bits per heavy atom. The Morgan fingerprint density at radius 1 is 1.55 bits per heavy atom. The van der Waals surface area contributed by atoms with Gasteiger partial charge in [0.05, 0.1) is 11.5 Å². The molecule has 9 heteroatoms. The Balaban J connectivity index is 2.28. The molecular weight excluding hydrogens is 264 g/mol. The molecule has 2 heterocycles. The second kappa shape index (κ2) is 5.34. The van der Waals surface area contributed by atoms with Crippen LogP contribution in [0.5, 0.6) is 0 Å². The standard InChI is InChI=1S/C11H12N6O3/c1-16(6-10-13-2-3-14-10)11(18)7-4-9(12)15-5-8(7)17(19)20/h2-5H,6H2,1H3,(H2,12,15)(H,13,14). The topological polar surface area (TPSA) is 131 Å². The van der Waals surface area contributed by atoms with Gasteiger partial charge in [0.25, 0.3) is 11.6 Å². The van der Waals surface area contributed by atoms with Gasteiger partial charge in [0.2, 0.25) is 0 Å². The number of nitrogens with one attached hydrogen (secondary N) is 1. The number of hydrogen-bond acceptors (Lipinski definition) is 6. The molecule has 2 rings (SSSR count). The van der Waals surface area contributed by atoms with Crippen molar-refractivity contribution < 1.29 is 9.72 Å². The van der Waals surface area contributed by atoms with Gasteiger partial charge in [0.15, 0.2) is 0 Å². The predicted molar refractivity (Wildman–Crippen MR) is 69.7 cm³/mol. The van der Waals surface area contributed by atoms with Crippen LogP contribution >= 0.6 is 0 Å². The molecule has 0 aliphatic heterocycles. The fraction of sp³-hybridized carbons (Fsp3) is 0.182. The maximum atomic E-state index is 12.2. The summed E-state index contributed by atoms with van der Waals surface area (Å²) in [5, 5.41) is 10.9. The molecule has 0 spiro atoms. The van der Waals surface area contributed by atoms with Crippen LogP contribution in [0, 0.1) is 10.1 Å². The molecule has 0 bridgehead atoms. The van der Waals surface area contributed by atoms with Gasteiger partial charge in [0.1, 0.15) is 23.4 Å². The summed E-state index contributed by atoms with van der Waals surface area (Å²) in [6, 6.07) is 1.19. The first-order valence-electron chi connectivity index (χ1n) is 5.62. The van der Waals surface area contributed by atoms with E-state index in [2.05, 4.69) is 15.0 Å². The Hall–Kier alpha value is -2.97. The summed E-state index contributed by atoms with van der Waals surface area (Å²) in [4.78, 5) is 34.3. The van der Waals surface area contributed by atoms with Crippen molar-refractivity contribution in [2.24, 2.45) is 0 Å². The second-order valence-electron chi connectivity index (χ2n) is 4.08. The number of amides is 1. The highest BCUT2D eigenvalue weighted by Gasteiger charge is 2.24. The van der Waals surface area contributed by atoms with E-state index >= 15 is 0 Å². The van der Waals surface area contributed by atoms with Crippen LogP contribution in [-0.2, 0) is 6.54 Å². The number of imidazole rings is 1. The van der Waals surface area contributed by atoms with Crippen LogP contribution in [-0.4, -0.2) is 37.7 Å². The highest BCUT2D eigenvalue weighted by Crippen LogP contribution is 2.20. The molecule has 0 aliphatic carbocycles. The lowest BCUT2D eigenvalue weighted by Crippen LogP contribution is -2.27. The number of nitrogens with two attached hydrogens (primary N) is 1. The summed E-state index contributed by atoms with van der Waals surface area (Å²) in [5.74, 6) is 0.0954. The lowest BCUT2D eigenvalue weighted by atomic mass is 10.2. The van der Waals surface area contributed by atoms with Gasteiger partial charge in [0, 0.05) is 19.4 Å². The van der Waals surface area contributed by atoms with E-state index in [1.54, 1.807) is 12.4 Å². The monoisotopic (exact) mass is 276 g/mol. The first kappa shape index (κ1) is 13.5. The minimum absolute atomic E-state index is 0.0466. The maximum Gasteiger partial charge on any atom is 0.300 e. The normalized spacial score (nSPS) is 10.2. The van der Waals surface area contributed by atoms with E-state index in [1.165, 1.54) is 18.0 Å². The third-order valence-electron chi connectivity index (χ3n) is 2.62. The molecule has 104 valence electrons. The molecule has 0 radical (unpaired) electrons. The SMILES string of the molecule is CN(Cc1ncc[nH]1)C(=O)c1cc(N)ncc1[N+](=O)[O-].